The van der Waals surface area contributed by atoms with E-state index in [1.165, 1.54) is 11.1 Å². The molecule has 0 bridgehead atoms. The van der Waals surface area contributed by atoms with Crippen LogP contribution in [0.3, 0.4) is 0 Å². The monoisotopic (exact) mass is 770 g/mol. The molecule has 1 aromatic heterocycles. The van der Waals surface area contributed by atoms with Crippen molar-refractivity contribution in [1.82, 2.24) is 15.6 Å². The summed E-state index contributed by atoms with van der Waals surface area (Å²) in [5, 5.41) is 7.65. The second kappa shape index (κ2) is 16.7. The zero-order valence-corrected chi connectivity index (χ0v) is 33.0. The molecule has 2 heterocycles. The number of aliphatic imine (C=N–C) groups is 1. The van der Waals surface area contributed by atoms with E-state index in [-0.39, 0.29) is 12.3 Å². The summed E-state index contributed by atoms with van der Waals surface area (Å²) in [7, 11) is 0. The van der Waals surface area contributed by atoms with Gasteiger partial charge in [-0.05, 0) is 51.1 Å². The van der Waals surface area contributed by atoms with Gasteiger partial charge < -0.3 is 5.32 Å². The van der Waals surface area contributed by atoms with Gasteiger partial charge in [0, 0.05) is 33.4 Å². The molecule has 0 saturated heterocycles. The van der Waals surface area contributed by atoms with Crippen LogP contribution in [-0.4, -0.2) is 10.8 Å². The van der Waals surface area contributed by atoms with Crippen LogP contribution in [0.1, 0.15) is 29.0 Å². The summed E-state index contributed by atoms with van der Waals surface area (Å²) < 4.78 is 0. The van der Waals surface area contributed by atoms with Gasteiger partial charge >= 0.3 is 0 Å². The Bertz CT molecular complexity index is 2800. The molecular weight excluding hydrogens is 729 g/mol. The van der Waals surface area contributed by atoms with E-state index in [0.717, 1.165) is 78.4 Å². The predicted octanol–water partition coefficient (Wildman–Crippen LogP) is 13.4. The fourth-order valence-corrected chi connectivity index (χ4v) is 8.29. The van der Waals surface area contributed by atoms with Crippen LogP contribution in [0.4, 0.5) is 0 Å². The van der Waals surface area contributed by atoms with Gasteiger partial charge in [-0.2, -0.15) is 0 Å². The second-order valence-electron chi connectivity index (χ2n) is 15.0. The Morgan fingerprint density at radius 1 is 0.317 bits per heavy atom. The topological polar surface area (TPSA) is 49.3 Å². The molecule has 60 heavy (non-hydrogen) atoms. The summed E-state index contributed by atoms with van der Waals surface area (Å²) in [5.74, 6) is 0.822. The van der Waals surface area contributed by atoms with E-state index in [1.807, 2.05) is 0 Å². The van der Waals surface area contributed by atoms with Crippen LogP contribution < -0.4 is 10.6 Å². The first-order chi connectivity index (χ1) is 29.8. The summed E-state index contributed by atoms with van der Waals surface area (Å²) in [6.07, 6.45) is -0.475. The third kappa shape index (κ3) is 7.44. The van der Waals surface area contributed by atoms with Crippen molar-refractivity contribution in [2.45, 2.75) is 12.3 Å². The predicted molar refractivity (Wildman–Crippen MR) is 248 cm³/mol. The van der Waals surface area contributed by atoms with Crippen molar-refractivity contribution in [3.05, 3.63) is 247 Å². The first kappa shape index (κ1) is 36.7. The van der Waals surface area contributed by atoms with Gasteiger partial charge in [-0.15, -0.1) is 0 Å². The van der Waals surface area contributed by atoms with Crippen molar-refractivity contribution in [3.63, 3.8) is 0 Å². The lowest BCUT2D eigenvalue weighted by atomic mass is 9.83. The SMILES string of the molecule is c1ccc(-c2cccc(C3NC(c4cccc(-c5c(-c6ccccc6)c(-c6ccccc6)nc(-c6ccccc6)c5-c5ccccc5)c4)=NC(c4ccccc4)N3)c2)cc1. The molecule has 0 fully saturated rings. The van der Waals surface area contributed by atoms with E-state index >= 15 is 0 Å². The molecule has 1 aliphatic heterocycles. The van der Waals surface area contributed by atoms with Gasteiger partial charge in [-0.1, -0.05) is 218 Å². The molecular formula is C56H42N4. The lowest BCUT2D eigenvalue weighted by molar-refractivity contribution is 0.409. The average molecular weight is 771 g/mol. The molecule has 4 heteroatoms. The second-order valence-corrected chi connectivity index (χ2v) is 15.0. The number of hydrogen-bond acceptors (Lipinski definition) is 4. The minimum Gasteiger partial charge on any atom is -0.350 e. The van der Waals surface area contributed by atoms with E-state index in [9.17, 15) is 0 Å². The van der Waals surface area contributed by atoms with Crippen LogP contribution in [0.2, 0.25) is 0 Å². The maximum Gasteiger partial charge on any atom is 0.131 e. The molecule has 1 aliphatic rings. The summed E-state index contributed by atoms with van der Waals surface area (Å²) in [4.78, 5) is 11.0. The van der Waals surface area contributed by atoms with Gasteiger partial charge in [0.15, 0.2) is 0 Å². The van der Waals surface area contributed by atoms with Gasteiger partial charge in [0.1, 0.15) is 18.2 Å². The Morgan fingerprint density at radius 3 is 1.28 bits per heavy atom. The Balaban J connectivity index is 1.20. The summed E-state index contributed by atoms with van der Waals surface area (Å²) in [6.45, 7) is 0. The van der Waals surface area contributed by atoms with Crippen molar-refractivity contribution in [2.24, 2.45) is 4.99 Å². The van der Waals surface area contributed by atoms with Crippen LogP contribution in [0.15, 0.2) is 236 Å². The number of amidine groups is 1. The third-order valence-electron chi connectivity index (χ3n) is 11.1. The quantitative estimate of drug-likeness (QED) is 0.154. The molecule has 286 valence electrons. The van der Waals surface area contributed by atoms with Gasteiger partial charge in [0.05, 0.1) is 11.4 Å². The summed E-state index contributed by atoms with van der Waals surface area (Å²) >= 11 is 0. The molecule has 0 amide bonds. The minimum atomic E-state index is -0.272. The number of nitrogens with one attached hydrogen (secondary N) is 2. The normalized spacial score (nSPS) is 14.8. The fourth-order valence-electron chi connectivity index (χ4n) is 8.29. The molecule has 2 atom stereocenters. The molecule has 0 spiro atoms. The zero-order valence-electron chi connectivity index (χ0n) is 33.0. The number of rotatable bonds is 9. The maximum absolute atomic E-state index is 5.64. The Kier molecular flexibility index (Phi) is 10.2. The highest BCUT2D eigenvalue weighted by atomic mass is 15.3. The van der Waals surface area contributed by atoms with E-state index in [2.05, 4.69) is 241 Å². The molecule has 2 unspecified atom stereocenters. The molecule has 0 radical (unpaired) electrons. The van der Waals surface area contributed by atoms with Gasteiger partial charge in [-0.3, -0.25) is 5.32 Å². The van der Waals surface area contributed by atoms with Crippen LogP contribution in [0, 0.1) is 0 Å². The molecule has 2 N–H and O–H groups in total. The third-order valence-corrected chi connectivity index (χ3v) is 11.1. The zero-order chi connectivity index (χ0) is 40.1. The molecule has 0 saturated carbocycles. The lowest BCUT2D eigenvalue weighted by Gasteiger charge is -2.32. The number of hydrogen-bond donors (Lipinski definition) is 2. The first-order valence-corrected chi connectivity index (χ1v) is 20.5. The number of benzene rings is 8. The number of nitrogens with zero attached hydrogens (tertiary/aromatic N) is 2. The van der Waals surface area contributed by atoms with Gasteiger partial charge in [0.2, 0.25) is 0 Å². The number of aromatic nitrogens is 1. The highest BCUT2D eigenvalue weighted by molar-refractivity contribution is 6.07. The highest BCUT2D eigenvalue weighted by Crippen LogP contribution is 2.48. The molecule has 10 rings (SSSR count). The standard InChI is InChI=1S/C56H42N4/c1-7-21-39(22-8-1)45-33-19-35-47(37-45)55-58-54(44-31-17-6-18-32-44)59-56(60-55)48-36-20-34-46(38-48)49-50(40-23-9-2-10-24-40)52(42-27-13-4-14-28-42)57-53(43-29-15-5-16-30-43)51(49)41-25-11-3-12-26-41/h1-38,54-55,58H,(H,59,60). The smallest absolute Gasteiger partial charge is 0.131 e. The summed E-state index contributed by atoms with van der Waals surface area (Å²) in [6, 6.07) is 81.2. The van der Waals surface area contributed by atoms with Crippen LogP contribution >= 0.6 is 0 Å². The Labute approximate surface area is 351 Å². The first-order valence-electron chi connectivity index (χ1n) is 20.5. The van der Waals surface area contributed by atoms with E-state index in [1.54, 1.807) is 0 Å². The Hall–Kier alpha value is -7.66. The van der Waals surface area contributed by atoms with Crippen LogP contribution in [0.25, 0.3) is 67.0 Å². The maximum atomic E-state index is 5.64. The molecule has 9 aromatic rings. The fraction of sp³-hybridized carbons (Fsp3) is 0.0357. The van der Waals surface area contributed by atoms with E-state index in [0.29, 0.717) is 0 Å². The summed E-state index contributed by atoms with van der Waals surface area (Å²) in [5.41, 5.74) is 16.1. The van der Waals surface area contributed by atoms with Crippen molar-refractivity contribution in [2.75, 3.05) is 0 Å². The van der Waals surface area contributed by atoms with Gasteiger partial charge in [0.25, 0.3) is 0 Å². The van der Waals surface area contributed by atoms with Crippen molar-refractivity contribution in [1.29, 1.82) is 0 Å². The Morgan fingerprint density at radius 2 is 0.733 bits per heavy atom. The van der Waals surface area contributed by atoms with Crippen LogP contribution in [0.5, 0.6) is 0 Å². The molecule has 4 nitrogen and oxygen atoms in total. The average Bonchev–Trinajstić information content (AvgIpc) is 3.35. The van der Waals surface area contributed by atoms with E-state index in [4.69, 9.17) is 9.98 Å². The minimum absolute atomic E-state index is 0.204. The molecule has 8 aromatic carbocycles. The molecule has 0 aliphatic carbocycles. The van der Waals surface area contributed by atoms with E-state index < -0.39 is 0 Å². The van der Waals surface area contributed by atoms with Crippen molar-refractivity contribution < 1.29 is 0 Å². The van der Waals surface area contributed by atoms with Crippen molar-refractivity contribution in [3.8, 4) is 67.0 Å². The highest BCUT2D eigenvalue weighted by Gasteiger charge is 2.28. The largest absolute Gasteiger partial charge is 0.350 e. The van der Waals surface area contributed by atoms with Crippen molar-refractivity contribution >= 4 is 5.84 Å². The van der Waals surface area contributed by atoms with Crippen LogP contribution in [-0.2, 0) is 0 Å². The lowest BCUT2D eigenvalue weighted by Crippen LogP contribution is -2.45. The number of pyridine rings is 1. The van der Waals surface area contributed by atoms with Gasteiger partial charge in [-0.25, -0.2) is 9.98 Å².